The molecule has 1 aromatic rings. The molecule has 0 spiro atoms. The first-order valence-corrected chi connectivity index (χ1v) is 6.55. The number of nitrogens with one attached hydrogen (secondary N) is 1. The summed E-state index contributed by atoms with van der Waals surface area (Å²) >= 11 is 0. The molecule has 0 unspecified atom stereocenters. The van der Waals surface area contributed by atoms with Crippen molar-refractivity contribution in [2.45, 2.75) is 32.2 Å². The lowest BCUT2D eigenvalue weighted by Gasteiger charge is -2.13. The van der Waals surface area contributed by atoms with Gasteiger partial charge in [-0.2, -0.15) is 0 Å². The van der Waals surface area contributed by atoms with Crippen molar-refractivity contribution >= 4 is 17.8 Å². The van der Waals surface area contributed by atoms with E-state index in [-0.39, 0.29) is 0 Å². The Kier molecular flexibility index (Phi) is 5.90. The highest BCUT2D eigenvalue weighted by atomic mass is 16.5. The van der Waals surface area contributed by atoms with Crippen LogP contribution in [0.3, 0.4) is 0 Å². The number of esters is 1. The highest BCUT2D eigenvalue weighted by Crippen LogP contribution is 2.14. The Balaban J connectivity index is 2.77. The Hall–Kier alpha value is -2.37. The van der Waals surface area contributed by atoms with E-state index in [0.29, 0.717) is 11.5 Å². The molecule has 0 heterocycles. The van der Waals surface area contributed by atoms with Crippen molar-refractivity contribution in [2.75, 3.05) is 7.11 Å². The normalized spacial score (nSPS) is 11.8. The van der Waals surface area contributed by atoms with Crippen LogP contribution in [0.1, 0.15) is 42.1 Å². The first kappa shape index (κ1) is 16.7. The summed E-state index contributed by atoms with van der Waals surface area (Å²) in [6, 6.07) is 5.57. The zero-order chi connectivity index (χ0) is 16.0. The molecule has 2 N–H and O–H groups in total. The summed E-state index contributed by atoms with van der Waals surface area (Å²) in [5.41, 5.74) is 1.42. The molecule has 6 heteroatoms. The van der Waals surface area contributed by atoms with Gasteiger partial charge in [0, 0.05) is 5.56 Å². The second-order valence-corrected chi connectivity index (χ2v) is 4.92. The standard InChI is InChI=1S/C15H19NO5/c1-9(2)10-4-6-11(7-5-10)14(18)16-12(15(19)20)8-13(17)21-3/h4-7,9,12H,8H2,1-3H3,(H,16,18)(H,19,20)/t12-/m0/s1. The maximum Gasteiger partial charge on any atom is 0.326 e. The first-order valence-electron chi connectivity index (χ1n) is 6.55. The molecular formula is C15H19NO5. The van der Waals surface area contributed by atoms with Gasteiger partial charge in [0.1, 0.15) is 6.04 Å². The fraction of sp³-hybridized carbons (Fsp3) is 0.400. The molecule has 6 nitrogen and oxygen atoms in total. The van der Waals surface area contributed by atoms with E-state index < -0.39 is 30.3 Å². The molecule has 1 amide bonds. The number of ether oxygens (including phenoxy) is 1. The third-order valence-electron chi connectivity index (χ3n) is 3.04. The second-order valence-electron chi connectivity index (χ2n) is 4.92. The fourth-order valence-electron chi connectivity index (χ4n) is 1.71. The SMILES string of the molecule is COC(=O)C[C@H](NC(=O)c1ccc(C(C)C)cc1)C(=O)O. The first-order chi connectivity index (χ1) is 9.85. The Morgan fingerprint density at radius 3 is 2.19 bits per heavy atom. The summed E-state index contributed by atoms with van der Waals surface area (Å²) in [6.45, 7) is 4.07. The van der Waals surface area contributed by atoms with Gasteiger partial charge in [-0.25, -0.2) is 4.79 Å². The van der Waals surface area contributed by atoms with Gasteiger partial charge < -0.3 is 15.2 Å². The Labute approximate surface area is 123 Å². The van der Waals surface area contributed by atoms with Crippen molar-refractivity contribution in [1.82, 2.24) is 5.32 Å². The summed E-state index contributed by atoms with van der Waals surface area (Å²) in [5.74, 6) is -2.18. The number of carboxylic acid groups (broad SMARTS) is 1. The molecule has 0 bridgehead atoms. The van der Waals surface area contributed by atoms with E-state index in [4.69, 9.17) is 5.11 Å². The van der Waals surface area contributed by atoms with Crippen LogP contribution in [-0.2, 0) is 14.3 Å². The average Bonchev–Trinajstić information content (AvgIpc) is 2.46. The number of rotatable bonds is 6. The number of carbonyl (C=O) groups is 3. The van der Waals surface area contributed by atoms with E-state index in [1.54, 1.807) is 12.1 Å². The van der Waals surface area contributed by atoms with Crippen LogP contribution in [0.25, 0.3) is 0 Å². The maximum absolute atomic E-state index is 12.0. The van der Waals surface area contributed by atoms with Gasteiger partial charge in [-0.1, -0.05) is 26.0 Å². The van der Waals surface area contributed by atoms with Crippen LogP contribution in [0, 0.1) is 0 Å². The van der Waals surface area contributed by atoms with Gasteiger partial charge in [-0.15, -0.1) is 0 Å². The highest BCUT2D eigenvalue weighted by molar-refractivity contribution is 5.97. The molecule has 0 aromatic heterocycles. The predicted octanol–water partition coefficient (Wildman–Crippen LogP) is 1.56. The van der Waals surface area contributed by atoms with E-state index in [1.807, 2.05) is 26.0 Å². The van der Waals surface area contributed by atoms with Crippen LogP contribution < -0.4 is 5.32 Å². The molecule has 114 valence electrons. The Bertz CT molecular complexity index is 521. The molecule has 21 heavy (non-hydrogen) atoms. The molecule has 1 aromatic carbocycles. The number of aliphatic carboxylic acids is 1. The number of carboxylic acids is 1. The van der Waals surface area contributed by atoms with E-state index >= 15 is 0 Å². The number of benzene rings is 1. The van der Waals surface area contributed by atoms with Crippen molar-refractivity contribution < 1.29 is 24.2 Å². The van der Waals surface area contributed by atoms with Gasteiger partial charge in [0.25, 0.3) is 5.91 Å². The molecule has 1 rings (SSSR count). The van der Waals surface area contributed by atoms with Crippen LogP contribution in [0.5, 0.6) is 0 Å². The minimum atomic E-state index is -1.31. The quantitative estimate of drug-likeness (QED) is 0.776. The van der Waals surface area contributed by atoms with Crippen LogP contribution in [-0.4, -0.2) is 36.1 Å². The molecular weight excluding hydrogens is 274 g/mol. The molecule has 0 aliphatic heterocycles. The summed E-state index contributed by atoms with van der Waals surface area (Å²) in [6.07, 6.45) is -0.415. The molecule has 0 radical (unpaired) electrons. The Morgan fingerprint density at radius 1 is 1.19 bits per heavy atom. The van der Waals surface area contributed by atoms with Crippen molar-refractivity contribution in [2.24, 2.45) is 0 Å². The highest BCUT2D eigenvalue weighted by Gasteiger charge is 2.24. The summed E-state index contributed by atoms with van der Waals surface area (Å²) in [5, 5.41) is 11.3. The molecule has 0 aliphatic carbocycles. The lowest BCUT2D eigenvalue weighted by atomic mass is 10.0. The lowest BCUT2D eigenvalue weighted by molar-refractivity contribution is -0.147. The van der Waals surface area contributed by atoms with Gasteiger partial charge in [0.15, 0.2) is 0 Å². The topological polar surface area (TPSA) is 92.7 Å². The molecule has 0 saturated heterocycles. The molecule has 0 saturated carbocycles. The molecule has 1 atom stereocenters. The van der Waals surface area contributed by atoms with Crippen LogP contribution in [0.2, 0.25) is 0 Å². The zero-order valence-corrected chi connectivity index (χ0v) is 12.3. The average molecular weight is 293 g/mol. The summed E-state index contributed by atoms with van der Waals surface area (Å²) in [7, 11) is 1.16. The summed E-state index contributed by atoms with van der Waals surface area (Å²) < 4.78 is 4.41. The van der Waals surface area contributed by atoms with Crippen LogP contribution in [0.4, 0.5) is 0 Å². The van der Waals surface area contributed by atoms with Gasteiger partial charge in [-0.05, 0) is 23.6 Å². The van der Waals surface area contributed by atoms with Crippen LogP contribution >= 0.6 is 0 Å². The number of carbonyl (C=O) groups excluding carboxylic acids is 2. The predicted molar refractivity (Wildman–Crippen MR) is 76.1 cm³/mol. The monoisotopic (exact) mass is 293 g/mol. The van der Waals surface area contributed by atoms with E-state index in [2.05, 4.69) is 10.1 Å². The van der Waals surface area contributed by atoms with E-state index in [0.717, 1.165) is 12.7 Å². The largest absolute Gasteiger partial charge is 0.480 e. The summed E-state index contributed by atoms with van der Waals surface area (Å²) in [4.78, 5) is 34.2. The lowest BCUT2D eigenvalue weighted by Crippen LogP contribution is -2.42. The van der Waals surface area contributed by atoms with Gasteiger partial charge in [-0.3, -0.25) is 9.59 Å². The third kappa shape index (κ3) is 4.91. The molecule has 0 aliphatic rings. The smallest absolute Gasteiger partial charge is 0.326 e. The number of hydrogen-bond acceptors (Lipinski definition) is 4. The molecule has 0 fully saturated rings. The van der Waals surface area contributed by atoms with E-state index in [1.165, 1.54) is 0 Å². The van der Waals surface area contributed by atoms with Crippen molar-refractivity contribution in [1.29, 1.82) is 0 Å². The van der Waals surface area contributed by atoms with Gasteiger partial charge >= 0.3 is 11.9 Å². The maximum atomic E-state index is 12.0. The van der Waals surface area contributed by atoms with Gasteiger partial charge in [0.2, 0.25) is 0 Å². The minimum Gasteiger partial charge on any atom is -0.480 e. The van der Waals surface area contributed by atoms with Crippen molar-refractivity contribution in [3.05, 3.63) is 35.4 Å². The second kappa shape index (κ2) is 7.42. The third-order valence-corrected chi connectivity index (χ3v) is 3.04. The van der Waals surface area contributed by atoms with E-state index in [9.17, 15) is 14.4 Å². The fourth-order valence-corrected chi connectivity index (χ4v) is 1.71. The Morgan fingerprint density at radius 2 is 1.76 bits per heavy atom. The number of amides is 1. The number of methoxy groups -OCH3 is 1. The van der Waals surface area contributed by atoms with Crippen LogP contribution in [0.15, 0.2) is 24.3 Å². The zero-order valence-electron chi connectivity index (χ0n) is 12.3. The minimum absolute atomic E-state index is 0.341. The van der Waals surface area contributed by atoms with Gasteiger partial charge in [0.05, 0.1) is 13.5 Å². The van der Waals surface area contributed by atoms with Crippen molar-refractivity contribution in [3.63, 3.8) is 0 Å². The number of hydrogen-bond donors (Lipinski definition) is 2. The van der Waals surface area contributed by atoms with Crippen molar-refractivity contribution in [3.8, 4) is 0 Å².